The molecular formula is C23H22N8O11S3. The van der Waals surface area contributed by atoms with E-state index in [9.17, 15) is 43.7 Å². The molecule has 1 fully saturated rings. The van der Waals surface area contributed by atoms with Crippen molar-refractivity contribution in [1.82, 2.24) is 15.0 Å². The van der Waals surface area contributed by atoms with Gasteiger partial charge >= 0.3 is 5.69 Å². The molecule has 3 aromatic carbocycles. The molecular weight excluding hydrogens is 660 g/mol. The number of rotatable bonds is 8. The highest BCUT2D eigenvalue weighted by atomic mass is 32.2. The number of aromatic nitrogens is 3. The summed E-state index contributed by atoms with van der Waals surface area (Å²) >= 11 is 0. The van der Waals surface area contributed by atoms with E-state index in [2.05, 4.69) is 30.5 Å². The van der Waals surface area contributed by atoms with Crippen LogP contribution in [0.1, 0.15) is 0 Å². The highest BCUT2D eigenvalue weighted by molar-refractivity contribution is 7.86. The Morgan fingerprint density at radius 3 is 2.11 bits per heavy atom. The number of nitrogens with one attached hydrogen (secondary N) is 2. The molecule has 1 aliphatic heterocycles. The van der Waals surface area contributed by atoms with Crippen LogP contribution < -0.4 is 21.6 Å². The second-order valence-electron chi connectivity index (χ2n) is 9.39. The Morgan fingerprint density at radius 1 is 0.844 bits per heavy atom. The van der Waals surface area contributed by atoms with E-state index in [1.165, 1.54) is 0 Å². The van der Waals surface area contributed by atoms with E-state index >= 15 is 0 Å². The zero-order valence-electron chi connectivity index (χ0n) is 22.5. The largest absolute Gasteiger partial charge is 0.399 e. The fraction of sp³-hybridized carbons (Fsp3) is 0.174. The minimum atomic E-state index is -5.08. The number of H-pyrrole nitrogens is 1. The van der Waals surface area contributed by atoms with E-state index in [1.54, 1.807) is 4.90 Å². The molecule has 19 nitrogen and oxygen atoms in total. The van der Waals surface area contributed by atoms with Crippen LogP contribution in [0, 0.1) is 0 Å². The summed E-state index contributed by atoms with van der Waals surface area (Å²) < 4.78 is 107. The van der Waals surface area contributed by atoms with E-state index in [0.717, 1.165) is 42.5 Å². The molecule has 1 saturated heterocycles. The van der Waals surface area contributed by atoms with E-state index in [1.807, 2.05) is 0 Å². The van der Waals surface area contributed by atoms with Gasteiger partial charge in [-0.25, -0.2) is 4.79 Å². The van der Waals surface area contributed by atoms with Crippen LogP contribution in [0.2, 0.25) is 0 Å². The van der Waals surface area contributed by atoms with Crippen molar-refractivity contribution in [2.24, 2.45) is 10.2 Å². The van der Waals surface area contributed by atoms with E-state index in [0.29, 0.717) is 26.3 Å². The lowest BCUT2D eigenvalue weighted by atomic mass is 10.1. The van der Waals surface area contributed by atoms with Gasteiger partial charge in [-0.3, -0.25) is 18.6 Å². The van der Waals surface area contributed by atoms with Crippen LogP contribution in [0.25, 0.3) is 10.8 Å². The lowest BCUT2D eigenvalue weighted by Gasteiger charge is -2.26. The number of benzene rings is 3. The molecule has 0 spiro atoms. The second-order valence-corrected chi connectivity index (χ2v) is 13.6. The molecule has 2 heterocycles. The van der Waals surface area contributed by atoms with Crippen molar-refractivity contribution in [2.45, 2.75) is 14.7 Å². The average Bonchev–Trinajstić information content (AvgIpc) is 2.94. The van der Waals surface area contributed by atoms with Crippen molar-refractivity contribution >= 4 is 75.8 Å². The minimum absolute atomic E-state index is 0.0127. The number of aromatic amines is 1. The Morgan fingerprint density at radius 2 is 1.49 bits per heavy atom. The van der Waals surface area contributed by atoms with Gasteiger partial charge in [0.15, 0.2) is 0 Å². The Balaban J connectivity index is 1.71. The smallest absolute Gasteiger partial charge is 0.351 e. The van der Waals surface area contributed by atoms with Gasteiger partial charge in [-0.15, -0.1) is 10.2 Å². The van der Waals surface area contributed by atoms with Crippen molar-refractivity contribution in [3.8, 4) is 0 Å². The summed E-state index contributed by atoms with van der Waals surface area (Å²) in [5.41, 5.74) is 3.69. The quantitative estimate of drug-likeness (QED) is 0.0874. The van der Waals surface area contributed by atoms with Gasteiger partial charge in [-0.1, -0.05) is 0 Å². The lowest BCUT2D eigenvalue weighted by Crippen LogP contribution is -2.38. The lowest BCUT2D eigenvalue weighted by molar-refractivity contribution is 0.122. The Bertz CT molecular complexity index is 2250. The minimum Gasteiger partial charge on any atom is -0.399 e. The van der Waals surface area contributed by atoms with Crippen LogP contribution >= 0.6 is 0 Å². The molecule has 7 N–H and O–H groups in total. The van der Waals surface area contributed by atoms with Crippen molar-refractivity contribution in [2.75, 3.05) is 42.3 Å². The number of azo groups is 1. The topological polar surface area (TPSA) is 297 Å². The highest BCUT2D eigenvalue weighted by Crippen LogP contribution is 2.38. The first kappa shape index (κ1) is 31.8. The molecule has 22 heteroatoms. The molecule has 0 bridgehead atoms. The first-order valence-electron chi connectivity index (χ1n) is 12.4. The van der Waals surface area contributed by atoms with Gasteiger partial charge in [-0.05, 0) is 47.9 Å². The summed E-state index contributed by atoms with van der Waals surface area (Å²) in [5.74, 6) is -0.190. The van der Waals surface area contributed by atoms with Gasteiger partial charge in [0, 0.05) is 24.2 Å². The molecule has 4 aromatic rings. The average molecular weight is 683 g/mol. The second kappa shape index (κ2) is 11.7. The van der Waals surface area contributed by atoms with Crippen molar-refractivity contribution in [1.29, 1.82) is 0 Å². The maximum Gasteiger partial charge on any atom is 0.351 e. The van der Waals surface area contributed by atoms with E-state index < -0.39 is 62.1 Å². The zero-order chi connectivity index (χ0) is 32.7. The number of nitrogens with two attached hydrogens (primary N) is 1. The number of morpholine rings is 1. The zero-order valence-corrected chi connectivity index (χ0v) is 25.0. The Kier molecular flexibility index (Phi) is 8.30. The van der Waals surface area contributed by atoms with Gasteiger partial charge in [0.1, 0.15) is 21.2 Å². The molecule has 1 aliphatic rings. The summed E-state index contributed by atoms with van der Waals surface area (Å²) in [6, 6.07) is 6.85. The predicted octanol–water partition coefficient (Wildman–Crippen LogP) is 1.64. The summed E-state index contributed by atoms with van der Waals surface area (Å²) in [5, 5.41) is 10.1. The van der Waals surface area contributed by atoms with Gasteiger partial charge < -0.3 is 20.7 Å². The Labute approximate surface area is 254 Å². The third-order valence-electron chi connectivity index (χ3n) is 6.29. The summed E-state index contributed by atoms with van der Waals surface area (Å²) in [6.45, 7) is 1.47. The molecule has 238 valence electrons. The van der Waals surface area contributed by atoms with Gasteiger partial charge in [0.25, 0.3) is 30.4 Å². The standard InChI is InChI=1S/C23H22N8O11S3/c24-13-1-2-19(44(36,37)38)17(9-13)29-30-18-11-15-12(8-20(18)45(39,40)41)7-14(43(33,34)35)10-16(15)25-21-26-22(28-23(32)27-21)31-3-5-42-6-4-31/h1-2,7-11H,3-6,24H2,(H,33,34,35)(H,36,37,38)(H,39,40,41)(H2,25,26,27,28,32). The van der Waals surface area contributed by atoms with Crippen LogP contribution in [0.15, 0.2) is 72.2 Å². The third-order valence-corrected chi connectivity index (χ3v) is 8.91. The summed E-state index contributed by atoms with van der Waals surface area (Å²) in [6.07, 6.45) is 0. The fourth-order valence-electron chi connectivity index (χ4n) is 4.29. The Hall–Kier alpha value is -4.58. The van der Waals surface area contributed by atoms with E-state index in [4.69, 9.17) is 10.5 Å². The molecule has 0 amide bonds. The number of fused-ring (bicyclic) bond motifs is 1. The monoisotopic (exact) mass is 682 g/mol. The first-order chi connectivity index (χ1) is 21.0. The fourth-order valence-corrected chi connectivity index (χ4v) is 6.08. The van der Waals surface area contributed by atoms with Crippen LogP contribution in [0.3, 0.4) is 0 Å². The molecule has 0 aliphatic carbocycles. The molecule has 1 aromatic heterocycles. The summed E-state index contributed by atoms with van der Waals surface area (Å²) in [4.78, 5) is 22.2. The van der Waals surface area contributed by atoms with Crippen LogP contribution in [-0.4, -0.2) is 80.2 Å². The van der Waals surface area contributed by atoms with Crippen LogP contribution in [-0.2, 0) is 35.1 Å². The van der Waals surface area contributed by atoms with Crippen molar-refractivity contribution in [3.63, 3.8) is 0 Å². The van der Waals surface area contributed by atoms with Gasteiger partial charge in [0.2, 0.25) is 11.9 Å². The molecule has 0 saturated carbocycles. The number of hydrogen-bond acceptors (Lipinski definition) is 15. The maximum absolute atomic E-state index is 12.4. The number of hydrogen-bond donors (Lipinski definition) is 6. The molecule has 5 rings (SSSR count). The molecule has 0 radical (unpaired) electrons. The van der Waals surface area contributed by atoms with Crippen molar-refractivity contribution in [3.05, 3.63) is 52.9 Å². The van der Waals surface area contributed by atoms with Crippen molar-refractivity contribution < 1.29 is 43.6 Å². The number of nitrogen functional groups attached to an aromatic ring is 1. The highest BCUT2D eigenvalue weighted by Gasteiger charge is 2.23. The number of anilines is 4. The van der Waals surface area contributed by atoms with Gasteiger partial charge in [-0.2, -0.15) is 35.2 Å². The summed E-state index contributed by atoms with van der Waals surface area (Å²) in [7, 11) is -14.8. The molecule has 0 unspecified atom stereocenters. The molecule has 0 atom stereocenters. The number of nitrogens with zero attached hydrogens (tertiary/aromatic N) is 5. The normalized spacial score (nSPS) is 14.7. The maximum atomic E-state index is 12.4. The van der Waals surface area contributed by atoms with Crippen LogP contribution in [0.5, 0.6) is 0 Å². The number of ether oxygens (including phenoxy) is 1. The SMILES string of the molecule is Nc1ccc(S(=O)(=O)O)c(N=Nc2cc3c(Nc4nc(N5CCOCC5)nc(=O)[nH]4)cc(S(=O)(=O)O)cc3cc2S(=O)(=O)O)c1. The van der Waals surface area contributed by atoms with E-state index in [-0.39, 0.29) is 34.0 Å². The van der Waals surface area contributed by atoms with Gasteiger partial charge in [0.05, 0.1) is 23.8 Å². The first-order valence-corrected chi connectivity index (χ1v) is 16.7. The molecule has 45 heavy (non-hydrogen) atoms. The third kappa shape index (κ3) is 7.22. The van der Waals surface area contributed by atoms with Crippen LogP contribution in [0.4, 0.5) is 34.6 Å². The predicted molar refractivity (Wildman–Crippen MR) is 157 cm³/mol.